The van der Waals surface area contributed by atoms with Crippen molar-refractivity contribution in [1.82, 2.24) is 10.6 Å². The zero-order valence-corrected chi connectivity index (χ0v) is 35.6. The molecule has 64 heavy (non-hydrogen) atoms. The quantitative estimate of drug-likeness (QED) is 0.0392. The fourth-order valence-corrected chi connectivity index (χ4v) is 7.82. The Labute approximate surface area is 366 Å². The number of phenolic OH excluding ortho intramolecular Hbond substituents is 6. The lowest BCUT2D eigenvalue weighted by atomic mass is 9.83. The maximum absolute atomic E-state index is 12.5. The van der Waals surface area contributed by atoms with Crippen LogP contribution in [-0.2, 0) is 9.59 Å². The summed E-state index contributed by atoms with van der Waals surface area (Å²) < 4.78 is 0. The molecule has 330 valence electrons. The number of carbonyl (C=O) groups is 4. The van der Waals surface area contributed by atoms with Gasteiger partial charge in [0.05, 0.1) is 22.5 Å². The Morgan fingerprint density at radius 3 is 1.16 bits per heavy atom. The van der Waals surface area contributed by atoms with Gasteiger partial charge in [-0.05, 0) is 96.1 Å². The van der Waals surface area contributed by atoms with Gasteiger partial charge in [0.15, 0.2) is 23.0 Å². The molecule has 2 amide bonds. The molecule has 0 bridgehead atoms. The molecule has 6 rings (SSSR count). The van der Waals surface area contributed by atoms with Crippen LogP contribution in [0.25, 0.3) is 32.7 Å². The predicted octanol–water partition coefficient (Wildman–Crippen LogP) is 7.89. The Kier molecular flexibility index (Phi) is 12.8. The van der Waals surface area contributed by atoms with Crippen LogP contribution >= 0.6 is 0 Å². The maximum atomic E-state index is 12.5. The van der Waals surface area contributed by atoms with Crippen LogP contribution in [0.15, 0.2) is 70.6 Å². The Bertz CT molecular complexity index is 2750. The summed E-state index contributed by atoms with van der Waals surface area (Å²) in [6.45, 7) is 9.50. The third-order valence-electron chi connectivity index (χ3n) is 10.7. The number of fused-ring (bicyclic) bond motifs is 2. The molecule has 16 heteroatoms. The highest BCUT2D eigenvalue weighted by Gasteiger charge is 2.29. The molecule has 0 saturated heterocycles. The van der Waals surface area contributed by atoms with Gasteiger partial charge in [-0.3, -0.25) is 29.2 Å². The number of carboxylic acids is 2. The molecule has 0 aliphatic heterocycles. The van der Waals surface area contributed by atoms with E-state index in [1.165, 1.54) is 61.0 Å². The van der Waals surface area contributed by atoms with Gasteiger partial charge in [0.2, 0.25) is 0 Å². The van der Waals surface area contributed by atoms with Crippen LogP contribution in [0.3, 0.4) is 0 Å². The van der Waals surface area contributed by atoms with Crippen molar-refractivity contribution in [3.63, 3.8) is 0 Å². The fourth-order valence-electron chi connectivity index (χ4n) is 7.82. The largest absolute Gasteiger partial charge is 0.507 e. The van der Waals surface area contributed by atoms with Crippen LogP contribution < -0.4 is 10.6 Å². The van der Waals surface area contributed by atoms with E-state index in [0.29, 0.717) is 44.4 Å². The molecule has 0 spiro atoms. The monoisotopic (exact) mass is 870 g/mol. The van der Waals surface area contributed by atoms with Crippen molar-refractivity contribution >= 4 is 69.1 Å². The summed E-state index contributed by atoms with van der Waals surface area (Å²) in [6.07, 6.45) is 2.48. The van der Waals surface area contributed by atoms with Crippen molar-refractivity contribution in [3.05, 3.63) is 105 Å². The lowest BCUT2D eigenvalue weighted by Crippen LogP contribution is -2.29. The molecule has 6 aromatic rings. The number of nitrogens with one attached hydrogen (secondary N) is 2. The minimum atomic E-state index is -1.21. The van der Waals surface area contributed by atoms with Gasteiger partial charge >= 0.3 is 11.9 Å². The molecule has 16 nitrogen and oxygen atoms in total. The van der Waals surface area contributed by atoms with Gasteiger partial charge < -0.3 is 51.5 Å². The average molecular weight is 871 g/mol. The number of rotatable bonds is 13. The second-order valence-corrected chi connectivity index (χ2v) is 15.8. The molecular weight excluding hydrogens is 825 g/mol. The first-order chi connectivity index (χ1) is 30.2. The molecule has 0 saturated carbocycles. The lowest BCUT2D eigenvalue weighted by molar-refractivity contribution is -0.136. The Hall–Kier alpha value is -8.14. The number of benzene rings is 6. The number of hydrogen-bond donors (Lipinski definition) is 10. The molecule has 0 aliphatic rings. The van der Waals surface area contributed by atoms with E-state index < -0.39 is 59.8 Å². The Morgan fingerprint density at radius 2 is 0.859 bits per heavy atom. The minimum absolute atomic E-state index is 0.0697. The van der Waals surface area contributed by atoms with Gasteiger partial charge in [0.25, 0.3) is 11.8 Å². The van der Waals surface area contributed by atoms with Gasteiger partial charge in [0.1, 0.15) is 24.6 Å². The normalized spacial score (nSPS) is 11.7. The fraction of sp³-hybridized carbons (Fsp3) is 0.208. The third-order valence-corrected chi connectivity index (χ3v) is 10.7. The lowest BCUT2D eigenvalue weighted by Gasteiger charge is -2.23. The van der Waals surface area contributed by atoms with Gasteiger partial charge in [-0.25, -0.2) is 0 Å². The summed E-state index contributed by atoms with van der Waals surface area (Å²) >= 11 is 0. The first-order valence-corrected chi connectivity index (χ1v) is 20.0. The maximum Gasteiger partial charge on any atom is 0.322 e. The number of carboxylic acid groups (broad SMARTS) is 2. The summed E-state index contributed by atoms with van der Waals surface area (Å²) in [5.41, 5.74) is 2.70. The number of aryl methyl sites for hydroxylation is 2. The summed E-state index contributed by atoms with van der Waals surface area (Å²) in [7, 11) is 0. The molecule has 0 aromatic heterocycles. The number of aliphatic imine (C=N–C) groups is 2. The molecule has 6 aromatic carbocycles. The van der Waals surface area contributed by atoms with Crippen molar-refractivity contribution in [2.24, 2.45) is 9.98 Å². The van der Waals surface area contributed by atoms with E-state index in [0.717, 1.165) is 0 Å². The summed E-state index contributed by atoms with van der Waals surface area (Å²) in [5.74, 6) is -7.12. The van der Waals surface area contributed by atoms with Crippen LogP contribution in [0.2, 0.25) is 0 Å². The number of nitrogens with zero attached hydrogens (tertiary/aromatic N) is 2. The zero-order chi connectivity index (χ0) is 46.9. The highest BCUT2D eigenvalue weighted by atomic mass is 16.4. The van der Waals surface area contributed by atoms with E-state index in [-0.39, 0.29) is 67.5 Å². The van der Waals surface area contributed by atoms with Gasteiger partial charge in [-0.1, -0.05) is 39.8 Å². The topological polar surface area (TPSA) is 279 Å². The van der Waals surface area contributed by atoms with Crippen molar-refractivity contribution in [3.8, 4) is 45.6 Å². The average Bonchev–Trinajstić information content (AvgIpc) is 3.23. The van der Waals surface area contributed by atoms with E-state index in [9.17, 15) is 49.8 Å². The number of aromatic hydroxyl groups is 6. The predicted molar refractivity (Wildman–Crippen MR) is 242 cm³/mol. The van der Waals surface area contributed by atoms with Crippen molar-refractivity contribution in [2.45, 2.75) is 53.4 Å². The van der Waals surface area contributed by atoms with Gasteiger partial charge in [-0.15, -0.1) is 0 Å². The molecule has 10 N–H and O–H groups in total. The number of amides is 2. The van der Waals surface area contributed by atoms with Crippen molar-refractivity contribution in [1.29, 1.82) is 0 Å². The molecule has 0 heterocycles. The number of aliphatic carboxylic acids is 2. The number of carbonyl (C=O) groups excluding carboxylic acids is 2. The van der Waals surface area contributed by atoms with Crippen LogP contribution in [0.1, 0.15) is 93.6 Å². The van der Waals surface area contributed by atoms with E-state index >= 15 is 0 Å². The first-order valence-electron chi connectivity index (χ1n) is 20.0. The van der Waals surface area contributed by atoms with E-state index in [1.54, 1.807) is 53.7 Å². The van der Waals surface area contributed by atoms with E-state index in [2.05, 4.69) is 20.6 Å². The highest BCUT2D eigenvalue weighted by molar-refractivity contribution is 6.15. The van der Waals surface area contributed by atoms with Crippen molar-refractivity contribution in [2.75, 3.05) is 13.1 Å². The third kappa shape index (κ3) is 8.66. The van der Waals surface area contributed by atoms with E-state index in [1.807, 2.05) is 0 Å². The molecule has 0 atom stereocenters. The standard InChI is InChI=1S/C48H46N4O12/c1-21(2)35-29-15-23(5)37(43(59)39(29)31(41(57)45(35)61)17-49-27-11-7-25(8-12-27)47(63)51-19-33(53)54)38-24(6)16-30-36(22(3)4)46(62)42(58)32(40(30)44(38)60)18-50-28-13-9-26(10-14-28)48(64)52-20-34(55)56/h7-18,21-22,57-62H,19-20H2,1-6H3,(H,51,63)(H,52,64)(H,53,54)(H,55,56). The second kappa shape index (κ2) is 18.1. The minimum Gasteiger partial charge on any atom is -0.507 e. The Morgan fingerprint density at radius 1 is 0.531 bits per heavy atom. The second-order valence-electron chi connectivity index (χ2n) is 15.8. The molecule has 0 aliphatic carbocycles. The molecular formula is C48H46N4O12. The van der Waals surface area contributed by atoms with Gasteiger partial charge in [0, 0.05) is 56.6 Å². The smallest absolute Gasteiger partial charge is 0.322 e. The highest BCUT2D eigenvalue weighted by Crippen LogP contribution is 2.54. The molecule has 0 unspecified atom stereocenters. The van der Waals surface area contributed by atoms with Crippen LogP contribution in [-0.4, -0.2) is 90.1 Å². The summed E-state index contributed by atoms with van der Waals surface area (Å²) in [5, 5.41) is 94.0. The first kappa shape index (κ1) is 45.4. The van der Waals surface area contributed by atoms with Gasteiger partial charge in [-0.2, -0.15) is 0 Å². The zero-order valence-electron chi connectivity index (χ0n) is 35.6. The molecule has 0 radical (unpaired) electrons. The summed E-state index contributed by atoms with van der Waals surface area (Å²) in [6, 6.07) is 15.1. The van der Waals surface area contributed by atoms with Crippen molar-refractivity contribution < 1.29 is 60.0 Å². The van der Waals surface area contributed by atoms with E-state index in [4.69, 9.17) is 10.2 Å². The van der Waals surface area contributed by atoms with Crippen LogP contribution in [0, 0.1) is 13.8 Å². The SMILES string of the molecule is Cc1cc2c(C(C)C)c(O)c(O)c(C=Nc3ccc(C(=O)NCC(=O)O)cc3)c2c(O)c1-c1c(C)cc2c(C(C)C)c(O)c(O)c(C=Nc3ccc(C(=O)NCC(=O)O)cc3)c2c1O. The Balaban J connectivity index is 1.56. The summed E-state index contributed by atoms with van der Waals surface area (Å²) in [4.78, 5) is 55.4. The number of phenols is 6. The molecule has 0 fully saturated rings. The number of hydrogen-bond acceptors (Lipinski definition) is 12. The van der Waals surface area contributed by atoms with Crippen LogP contribution in [0.4, 0.5) is 11.4 Å². The van der Waals surface area contributed by atoms with Crippen LogP contribution in [0.5, 0.6) is 34.5 Å².